The number of hydrogen-bond donors (Lipinski definition) is 1. The Balaban J connectivity index is 2.14. The first-order chi connectivity index (χ1) is 9.26. The van der Waals surface area contributed by atoms with Crippen LogP contribution in [0.2, 0.25) is 0 Å². The van der Waals surface area contributed by atoms with Gasteiger partial charge in [0.2, 0.25) is 0 Å². The number of methoxy groups -OCH3 is 1. The van der Waals surface area contributed by atoms with Crippen molar-refractivity contribution in [3.05, 3.63) is 29.8 Å². The molecule has 2 unspecified atom stereocenters. The summed E-state index contributed by atoms with van der Waals surface area (Å²) < 4.78 is 5.40. The third-order valence-corrected chi connectivity index (χ3v) is 3.86. The van der Waals surface area contributed by atoms with E-state index in [9.17, 15) is 0 Å². The summed E-state index contributed by atoms with van der Waals surface area (Å²) in [6.45, 7) is 7.51. The minimum Gasteiger partial charge on any atom is -0.380 e. The molecule has 0 radical (unpaired) electrons. The number of hydrogen-bond acceptors (Lipinski definition) is 3. The Bertz CT molecular complexity index is 394. The van der Waals surface area contributed by atoms with E-state index in [2.05, 4.69) is 48.3 Å². The minimum absolute atomic E-state index is 0.271. The summed E-state index contributed by atoms with van der Waals surface area (Å²) in [5.41, 5.74) is 2.80. The molecule has 0 amide bonds. The predicted molar refractivity (Wildman–Crippen MR) is 80.8 cm³/mol. The quantitative estimate of drug-likeness (QED) is 0.853. The number of para-hydroxylation sites is 1. The van der Waals surface area contributed by atoms with E-state index in [1.165, 1.54) is 24.1 Å². The van der Waals surface area contributed by atoms with Crippen LogP contribution < -0.4 is 10.2 Å². The van der Waals surface area contributed by atoms with E-state index in [-0.39, 0.29) is 6.10 Å². The molecule has 0 aromatic heterocycles. The van der Waals surface area contributed by atoms with Crippen LogP contribution in [0, 0.1) is 0 Å². The SMILES string of the molecule is CCCNC1CCN(CC(C)OC)c2ccccc21. The van der Waals surface area contributed by atoms with Crippen molar-refractivity contribution >= 4 is 5.69 Å². The Labute approximate surface area is 116 Å². The number of fused-ring (bicyclic) bond motifs is 1. The molecule has 0 saturated heterocycles. The average Bonchev–Trinajstić information content (AvgIpc) is 2.46. The molecule has 1 aromatic carbocycles. The van der Waals surface area contributed by atoms with E-state index in [1.807, 2.05) is 0 Å². The van der Waals surface area contributed by atoms with Gasteiger partial charge in [-0.2, -0.15) is 0 Å². The zero-order chi connectivity index (χ0) is 13.7. The Morgan fingerprint density at radius 1 is 1.42 bits per heavy atom. The second-order valence-corrected chi connectivity index (χ2v) is 5.35. The van der Waals surface area contributed by atoms with Gasteiger partial charge in [0.25, 0.3) is 0 Å². The summed E-state index contributed by atoms with van der Waals surface area (Å²) in [5, 5.41) is 3.66. The normalized spacial score (nSPS) is 20.2. The Morgan fingerprint density at radius 3 is 2.95 bits per heavy atom. The highest BCUT2D eigenvalue weighted by Gasteiger charge is 2.24. The van der Waals surface area contributed by atoms with Crippen molar-refractivity contribution in [1.82, 2.24) is 5.32 Å². The van der Waals surface area contributed by atoms with Gasteiger partial charge in [-0.05, 0) is 37.9 Å². The summed E-state index contributed by atoms with van der Waals surface area (Å²) in [6.07, 6.45) is 2.63. The van der Waals surface area contributed by atoms with Crippen LogP contribution in [0.4, 0.5) is 5.69 Å². The molecule has 2 atom stereocenters. The number of rotatable bonds is 6. The number of nitrogens with zero attached hydrogens (tertiary/aromatic N) is 1. The molecular weight excluding hydrogens is 236 g/mol. The van der Waals surface area contributed by atoms with Crippen molar-refractivity contribution < 1.29 is 4.74 Å². The maximum atomic E-state index is 5.40. The van der Waals surface area contributed by atoms with Crippen LogP contribution in [-0.4, -0.2) is 32.8 Å². The highest BCUT2D eigenvalue weighted by Crippen LogP contribution is 2.33. The van der Waals surface area contributed by atoms with Gasteiger partial charge in [-0.15, -0.1) is 0 Å². The summed E-state index contributed by atoms with van der Waals surface area (Å²) in [6, 6.07) is 9.27. The van der Waals surface area contributed by atoms with Crippen LogP contribution in [0.25, 0.3) is 0 Å². The van der Waals surface area contributed by atoms with Crippen LogP contribution in [0.5, 0.6) is 0 Å². The van der Waals surface area contributed by atoms with Gasteiger partial charge in [0.05, 0.1) is 6.10 Å². The molecule has 1 heterocycles. The van der Waals surface area contributed by atoms with Gasteiger partial charge in [-0.25, -0.2) is 0 Å². The molecule has 19 heavy (non-hydrogen) atoms. The largest absolute Gasteiger partial charge is 0.380 e. The van der Waals surface area contributed by atoms with Crippen LogP contribution in [-0.2, 0) is 4.74 Å². The Morgan fingerprint density at radius 2 is 2.21 bits per heavy atom. The molecular formula is C16H26N2O. The second kappa shape index (κ2) is 6.92. The van der Waals surface area contributed by atoms with Crippen molar-refractivity contribution in [3.8, 4) is 0 Å². The van der Waals surface area contributed by atoms with Gasteiger partial charge < -0.3 is 15.0 Å². The average molecular weight is 262 g/mol. The van der Waals surface area contributed by atoms with E-state index in [4.69, 9.17) is 4.74 Å². The highest BCUT2D eigenvalue weighted by molar-refractivity contribution is 5.57. The lowest BCUT2D eigenvalue weighted by molar-refractivity contribution is 0.122. The summed E-state index contributed by atoms with van der Waals surface area (Å²) in [4.78, 5) is 2.45. The van der Waals surface area contributed by atoms with E-state index in [0.29, 0.717) is 6.04 Å². The zero-order valence-corrected chi connectivity index (χ0v) is 12.4. The molecule has 0 spiro atoms. The molecule has 0 saturated carbocycles. The van der Waals surface area contributed by atoms with Crippen molar-refractivity contribution in [2.75, 3.05) is 31.6 Å². The Hall–Kier alpha value is -1.06. The lowest BCUT2D eigenvalue weighted by Gasteiger charge is -2.37. The molecule has 0 fully saturated rings. The molecule has 2 rings (SSSR count). The fourth-order valence-corrected chi connectivity index (χ4v) is 2.74. The third kappa shape index (κ3) is 3.48. The molecule has 1 aromatic rings. The van der Waals surface area contributed by atoms with Crippen molar-refractivity contribution in [2.24, 2.45) is 0 Å². The fraction of sp³-hybridized carbons (Fsp3) is 0.625. The van der Waals surface area contributed by atoms with Gasteiger partial charge in [0.1, 0.15) is 0 Å². The van der Waals surface area contributed by atoms with Gasteiger partial charge in [-0.3, -0.25) is 0 Å². The van der Waals surface area contributed by atoms with E-state index in [1.54, 1.807) is 7.11 Å². The van der Waals surface area contributed by atoms with Crippen molar-refractivity contribution in [1.29, 1.82) is 0 Å². The van der Waals surface area contributed by atoms with Gasteiger partial charge in [0.15, 0.2) is 0 Å². The van der Waals surface area contributed by atoms with Crippen LogP contribution in [0.1, 0.15) is 38.3 Å². The maximum Gasteiger partial charge on any atom is 0.0718 e. The molecule has 106 valence electrons. The zero-order valence-electron chi connectivity index (χ0n) is 12.4. The number of benzene rings is 1. The lowest BCUT2D eigenvalue weighted by Crippen LogP contribution is -2.39. The van der Waals surface area contributed by atoms with Gasteiger partial charge >= 0.3 is 0 Å². The summed E-state index contributed by atoms with van der Waals surface area (Å²) >= 11 is 0. The predicted octanol–water partition coefficient (Wildman–Crippen LogP) is 2.97. The number of nitrogens with one attached hydrogen (secondary N) is 1. The monoisotopic (exact) mass is 262 g/mol. The van der Waals surface area contributed by atoms with E-state index in [0.717, 1.165) is 19.6 Å². The first-order valence-electron chi connectivity index (χ1n) is 7.36. The second-order valence-electron chi connectivity index (χ2n) is 5.35. The number of anilines is 1. The number of ether oxygens (including phenoxy) is 1. The van der Waals surface area contributed by atoms with Crippen molar-refractivity contribution in [3.63, 3.8) is 0 Å². The highest BCUT2D eigenvalue weighted by atomic mass is 16.5. The van der Waals surface area contributed by atoms with Crippen LogP contribution >= 0.6 is 0 Å². The fourth-order valence-electron chi connectivity index (χ4n) is 2.74. The first kappa shape index (κ1) is 14.4. The van der Waals surface area contributed by atoms with Crippen LogP contribution in [0.3, 0.4) is 0 Å². The van der Waals surface area contributed by atoms with Gasteiger partial charge in [-0.1, -0.05) is 25.1 Å². The minimum atomic E-state index is 0.271. The molecule has 0 bridgehead atoms. The van der Waals surface area contributed by atoms with E-state index >= 15 is 0 Å². The molecule has 3 nitrogen and oxygen atoms in total. The lowest BCUT2D eigenvalue weighted by atomic mass is 9.96. The van der Waals surface area contributed by atoms with Gasteiger partial charge in [0, 0.05) is 31.9 Å². The third-order valence-electron chi connectivity index (χ3n) is 3.86. The van der Waals surface area contributed by atoms with Crippen LogP contribution in [0.15, 0.2) is 24.3 Å². The van der Waals surface area contributed by atoms with E-state index < -0.39 is 0 Å². The summed E-state index contributed by atoms with van der Waals surface area (Å²) in [7, 11) is 1.78. The maximum absolute atomic E-state index is 5.40. The molecule has 0 aliphatic carbocycles. The molecule has 1 N–H and O–H groups in total. The Kier molecular flexibility index (Phi) is 5.23. The first-order valence-corrected chi connectivity index (χ1v) is 7.36. The molecule has 3 heteroatoms. The molecule has 1 aliphatic rings. The standard InChI is InChI=1S/C16H26N2O/c1-4-10-17-15-9-11-18(12-13(2)19-3)16-8-6-5-7-14(15)16/h5-8,13,15,17H,4,9-12H2,1-3H3. The smallest absolute Gasteiger partial charge is 0.0718 e. The van der Waals surface area contributed by atoms with Crippen molar-refractivity contribution in [2.45, 2.75) is 38.8 Å². The molecule has 1 aliphatic heterocycles. The topological polar surface area (TPSA) is 24.5 Å². The summed E-state index contributed by atoms with van der Waals surface area (Å²) in [5.74, 6) is 0.